The van der Waals surface area contributed by atoms with E-state index in [1.165, 1.54) is 6.92 Å². The van der Waals surface area contributed by atoms with Crippen molar-refractivity contribution in [2.45, 2.75) is 6.92 Å². The Bertz CT molecular complexity index is 441. The number of carbonyl (C=O) groups is 3. The van der Waals surface area contributed by atoms with Crippen LogP contribution in [-0.2, 0) is 9.59 Å². The van der Waals surface area contributed by atoms with E-state index >= 15 is 0 Å². The van der Waals surface area contributed by atoms with Crippen LogP contribution in [0.2, 0.25) is 0 Å². The SMILES string of the molecule is Cc1nc(C(=O)NCC(=O)NCC(=O)O)no1. The number of aryl methyl sites for hydroxylation is 1. The maximum absolute atomic E-state index is 11.3. The summed E-state index contributed by atoms with van der Waals surface area (Å²) in [5.74, 6) is -2.43. The molecule has 9 heteroatoms. The fraction of sp³-hybridized carbons (Fsp3) is 0.375. The van der Waals surface area contributed by atoms with Crippen LogP contribution in [-0.4, -0.2) is 46.1 Å². The van der Waals surface area contributed by atoms with Crippen molar-refractivity contribution in [2.24, 2.45) is 0 Å². The summed E-state index contributed by atoms with van der Waals surface area (Å²) in [6, 6.07) is 0. The van der Waals surface area contributed by atoms with Crippen LogP contribution in [0.25, 0.3) is 0 Å². The lowest BCUT2D eigenvalue weighted by Gasteiger charge is -2.02. The third-order valence-electron chi connectivity index (χ3n) is 1.58. The van der Waals surface area contributed by atoms with Crippen LogP contribution in [0.1, 0.15) is 16.5 Å². The number of hydrogen-bond acceptors (Lipinski definition) is 6. The summed E-state index contributed by atoms with van der Waals surface area (Å²) < 4.78 is 4.57. The summed E-state index contributed by atoms with van der Waals surface area (Å²) in [6.07, 6.45) is 0. The molecule has 2 amide bonds. The molecule has 3 N–H and O–H groups in total. The maximum Gasteiger partial charge on any atom is 0.322 e. The van der Waals surface area contributed by atoms with Crippen LogP contribution in [0.4, 0.5) is 0 Å². The number of aliphatic carboxylic acids is 1. The molecule has 0 bridgehead atoms. The molecule has 9 nitrogen and oxygen atoms in total. The highest BCUT2D eigenvalue weighted by atomic mass is 16.5. The molecular formula is C8H10N4O5. The molecule has 0 aliphatic heterocycles. The molecule has 0 saturated carbocycles. The van der Waals surface area contributed by atoms with E-state index in [1.807, 2.05) is 0 Å². The van der Waals surface area contributed by atoms with Crippen LogP contribution >= 0.6 is 0 Å². The predicted octanol–water partition coefficient (Wildman–Crippen LogP) is -1.69. The lowest BCUT2D eigenvalue weighted by Crippen LogP contribution is -2.39. The molecule has 0 fully saturated rings. The molecule has 0 aliphatic carbocycles. The smallest absolute Gasteiger partial charge is 0.322 e. The largest absolute Gasteiger partial charge is 0.480 e. The average molecular weight is 242 g/mol. The Balaban J connectivity index is 2.33. The average Bonchev–Trinajstić information content (AvgIpc) is 2.70. The van der Waals surface area contributed by atoms with Gasteiger partial charge in [-0.25, -0.2) is 0 Å². The number of amides is 2. The molecule has 0 unspecified atom stereocenters. The van der Waals surface area contributed by atoms with Gasteiger partial charge in [-0.15, -0.1) is 0 Å². The highest BCUT2D eigenvalue weighted by Crippen LogP contribution is 1.93. The van der Waals surface area contributed by atoms with Gasteiger partial charge >= 0.3 is 5.97 Å². The molecule has 1 aromatic heterocycles. The van der Waals surface area contributed by atoms with Gasteiger partial charge in [0.15, 0.2) is 0 Å². The molecular weight excluding hydrogens is 232 g/mol. The van der Waals surface area contributed by atoms with Crippen LogP contribution in [0, 0.1) is 6.92 Å². The Morgan fingerprint density at radius 1 is 1.29 bits per heavy atom. The molecule has 0 saturated heterocycles. The molecule has 92 valence electrons. The third kappa shape index (κ3) is 4.28. The van der Waals surface area contributed by atoms with Crippen molar-refractivity contribution in [1.82, 2.24) is 20.8 Å². The number of nitrogens with zero attached hydrogens (tertiary/aromatic N) is 2. The molecule has 1 rings (SSSR count). The Labute approximate surface area is 95.2 Å². The minimum absolute atomic E-state index is 0.187. The van der Waals surface area contributed by atoms with Gasteiger partial charge in [0.25, 0.3) is 11.7 Å². The number of carboxylic acid groups (broad SMARTS) is 1. The van der Waals surface area contributed by atoms with Gasteiger partial charge in [0, 0.05) is 6.92 Å². The first-order chi connectivity index (χ1) is 7.99. The van der Waals surface area contributed by atoms with Gasteiger partial charge in [-0.2, -0.15) is 4.98 Å². The Kier molecular flexibility index (Phi) is 4.14. The third-order valence-corrected chi connectivity index (χ3v) is 1.58. The number of hydrogen-bond donors (Lipinski definition) is 3. The highest BCUT2D eigenvalue weighted by Gasteiger charge is 2.13. The summed E-state index contributed by atoms with van der Waals surface area (Å²) in [5.41, 5.74) is 0. The van der Waals surface area contributed by atoms with Crippen molar-refractivity contribution < 1.29 is 24.0 Å². The van der Waals surface area contributed by atoms with Gasteiger partial charge in [0.2, 0.25) is 11.8 Å². The van der Waals surface area contributed by atoms with Gasteiger partial charge in [-0.3, -0.25) is 14.4 Å². The summed E-state index contributed by atoms with van der Waals surface area (Å²) in [5, 5.41) is 15.9. The highest BCUT2D eigenvalue weighted by molar-refractivity contribution is 5.93. The monoisotopic (exact) mass is 242 g/mol. The maximum atomic E-state index is 11.3. The second kappa shape index (κ2) is 5.58. The first-order valence-electron chi connectivity index (χ1n) is 4.56. The molecule has 1 aromatic rings. The first-order valence-corrected chi connectivity index (χ1v) is 4.56. The standard InChI is InChI=1S/C8H10N4O5/c1-4-11-7(12-17-4)8(16)10-2-5(13)9-3-6(14)15/h2-3H2,1H3,(H,9,13)(H,10,16)(H,14,15). The molecule has 0 spiro atoms. The number of nitrogens with one attached hydrogen (secondary N) is 2. The number of aromatic nitrogens is 2. The molecule has 0 radical (unpaired) electrons. The quantitative estimate of drug-likeness (QED) is 0.560. The van der Waals surface area contributed by atoms with E-state index in [0.29, 0.717) is 0 Å². The van der Waals surface area contributed by atoms with E-state index in [0.717, 1.165) is 0 Å². The van der Waals surface area contributed by atoms with Crippen LogP contribution < -0.4 is 10.6 Å². The second-order valence-electron chi connectivity index (χ2n) is 2.99. The number of rotatable bonds is 5. The fourth-order valence-electron chi connectivity index (χ4n) is 0.868. The molecule has 0 aromatic carbocycles. The zero-order valence-electron chi connectivity index (χ0n) is 8.89. The van der Waals surface area contributed by atoms with E-state index in [-0.39, 0.29) is 18.3 Å². The van der Waals surface area contributed by atoms with Gasteiger partial charge in [-0.05, 0) is 0 Å². The molecule has 17 heavy (non-hydrogen) atoms. The zero-order chi connectivity index (χ0) is 12.8. The topological polar surface area (TPSA) is 134 Å². The normalized spacial score (nSPS) is 9.71. The predicted molar refractivity (Wildman–Crippen MR) is 52.0 cm³/mol. The molecule has 0 atom stereocenters. The van der Waals surface area contributed by atoms with Crippen molar-refractivity contribution in [1.29, 1.82) is 0 Å². The summed E-state index contributed by atoms with van der Waals surface area (Å²) in [6.45, 7) is 0.652. The van der Waals surface area contributed by atoms with Crippen molar-refractivity contribution in [3.63, 3.8) is 0 Å². The van der Waals surface area contributed by atoms with Crippen LogP contribution in [0.3, 0.4) is 0 Å². The van der Waals surface area contributed by atoms with Gasteiger partial charge < -0.3 is 20.3 Å². The van der Waals surface area contributed by atoms with E-state index in [9.17, 15) is 14.4 Å². The van der Waals surface area contributed by atoms with Crippen molar-refractivity contribution >= 4 is 17.8 Å². The fourth-order valence-corrected chi connectivity index (χ4v) is 0.868. The van der Waals surface area contributed by atoms with Crippen molar-refractivity contribution in [3.8, 4) is 0 Å². The number of carbonyl (C=O) groups excluding carboxylic acids is 2. The zero-order valence-corrected chi connectivity index (χ0v) is 8.89. The summed E-state index contributed by atoms with van der Waals surface area (Å²) in [4.78, 5) is 36.1. The van der Waals surface area contributed by atoms with Crippen molar-refractivity contribution in [3.05, 3.63) is 11.7 Å². The van der Waals surface area contributed by atoms with Gasteiger partial charge in [0.1, 0.15) is 6.54 Å². The molecule has 0 aliphatic rings. The summed E-state index contributed by atoms with van der Waals surface area (Å²) in [7, 11) is 0. The van der Waals surface area contributed by atoms with Crippen molar-refractivity contribution in [2.75, 3.05) is 13.1 Å². The van der Waals surface area contributed by atoms with E-state index in [1.54, 1.807) is 0 Å². The van der Waals surface area contributed by atoms with Gasteiger partial charge in [-0.1, -0.05) is 5.16 Å². The van der Waals surface area contributed by atoms with Gasteiger partial charge in [0.05, 0.1) is 6.54 Å². The Morgan fingerprint density at radius 3 is 2.53 bits per heavy atom. The van der Waals surface area contributed by atoms with E-state index < -0.39 is 24.3 Å². The van der Waals surface area contributed by atoms with E-state index in [2.05, 4.69) is 25.3 Å². The van der Waals surface area contributed by atoms with Crippen LogP contribution in [0.15, 0.2) is 4.52 Å². The van der Waals surface area contributed by atoms with Crippen LogP contribution in [0.5, 0.6) is 0 Å². The first kappa shape index (κ1) is 12.6. The summed E-state index contributed by atoms with van der Waals surface area (Å²) >= 11 is 0. The lowest BCUT2D eigenvalue weighted by molar-refractivity contribution is -0.137. The molecule has 1 heterocycles. The van der Waals surface area contributed by atoms with E-state index in [4.69, 9.17) is 5.11 Å². The lowest BCUT2D eigenvalue weighted by atomic mass is 10.5. The minimum Gasteiger partial charge on any atom is -0.480 e. The number of carboxylic acids is 1. The Hall–Kier alpha value is -2.45. The minimum atomic E-state index is -1.17. The second-order valence-corrected chi connectivity index (χ2v) is 2.99. The Morgan fingerprint density at radius 2 is 2.00 bits per heavy atom.